The van der Waals surface area contributed by atoms with Crippen molar-refractivity contribution in [2.45, 2.75) is 25.6 Å². The van der Waals surface area contributed by atoms with Crippen LogP contribution >= 0.6 is 0 Å². The van der Waals surface area contributed by atoms with E-state index in [4.69, 9.17) is 0 Å². The molecule has 1 saturated heterocycles. The van der Waals surface area contributed by atoms with Gasteiger partial charge in [-0.3, -0.25) is 14.2 Å². The number of aromatic hydroxyl groups is 1. The third kappa shape index (κ3) is 4.50. The van der Waals surface area contributed by atoms with Crippen molar-refractivity contribution in [1.82, 2.24) is 14.9 Å². The van der Waals surface area contributed by atoms with Crippen LogP contribution in [0.2, 0.25) is 0 Å². The third-order valence-electron chi connectivity index (χ3n) is 4.79. The van der Waals surface area contributed by atoms with Gasteiger partial charge in [-0.05, 0) is 24.5 Å². The zero-order valence-electron chi connectivity index (χ0n) is 16.3. The number of rotatable bonds is 4. The molecule has 31 heavy (non-hydrogen) atoms. The summed E-state index contributed by atoms with van der Waals surface area (Å²) >= 11 is 0. The van der Waals surface area contributed by atoms with Gasteiger partial charge in [0.15, 0.2) is 5.69 Å². The number of nitrogens with zero attached hydrogens (tertiary/aromatic N) is 3. The van der Waals surface area contributed by atoms with E-state index in [2.05, 4.69) is 10.3 Å². The van der Waals surface area contributed by atoms with E-state index in [1.807, 2.05) is 0 Å². The summed E-state index contributed by atoms with van der Waals surface area (Å²) in [6.07, 6.45) is -3.71. The molecule has 0 spiro atoms. The standard InChI is InChI=1S/C18H19F3N4O5S/c1-24-16(28)14(26)13(23-17(24)25-8-4-5-9-31(25,29)30)15(27)22-10-11-6-2-3-7-12(11)18(19,20)21/h2-3,6-7,26H,4-5,8-10H2,1H3,(H,22,27). The average Bonchev–Trinajstić information content (AvgIpc) is 2.70. The molecule has 1 fully saturated rings. The van der Waals surface area contributed by atoms with Crippen LogP contribution < -0.4 is 15.2 Å². The summed E-state index contributed by atoms with van der Waals surface area (Å²) < 4.78 is 65.7. The first-order chi connectivity index (χ1) is 14.4. The Bertz CT molecular complexity index is 1180. The van der Waals surface area contributed by atoms with Gasteiger partial charge in [-0.1, -0.05) is 18.2 Å². The van der Waals surface area contributed by atoms with Gasteiger partial charge >= 0.3 is 6.18 Å². The van der Waals surface area contributed by atoms with Gasteiger partial charge in [-0.15, -0.1) is 0 Å². The Balaban J connectivity index is 1.94. The zero-order chi connectivity index (χ0) is 23.0. The molecule has 1 aliphatic rings. The van der Waals surface area contributed by atoms with Gasteiger partial charge in [-0.2, -0.15) is 13.2 Å². The van der Waals surface area contributed by atoms with Crippen LogP contribution in [0.1, 0.15) is 34.5 Å². The Hall–Kier alpha value is -3.09. The van der Waals surface area contributed by atoms with Crippen molar-refractivity contribution in [3.05, 3.63) is 51.4 Å². The molecule has 1 aliphatic heterocycles. The smallest absolute Gasteiger partial charge is 0.416 e. The van der Waals surface area contributed by atoms with Crippen LogP contribution in [-0.4, -0.2) is 41.3 Å². The first kappa shape index (κ1) is 22.6. The lowest BCUT2D eigenvalue weighted by Crippen LogP contribution is -2.42. The topological polar surface area (TPSA) is 122 Å². The molecule has 2 heterocycles. The molecule has 0 bridgehead atoms. The number of halogens is 3. The van der Waals surface area contributed by atoms with E-state index >= 15 is 0 Å². The van der Waals surface area contributed by atoms with E-state index in [-0.39, 0.29) is 23.8 Å². The van der Waals surface area contributed by atoms with E-state index in [0.29, 0.717) is 12.8 Å². The third-order valence-corrected chi connectivity index (χ3v) is 6.61. The van der Waals surface area contributed by atoms with Crippen LogP contribution in [-0.2, 0) is 29.8 Å². The highest BCUT2D eigenvalue weighted by Crippen LogP contribution is 2.31. The van der Waals surface area contributed by atoms with Crippen LogP contribution in [0.25, 0.3) is 0 Å². The highest BCUT2D eigenvalue weighted by Gasteiger charge is 2.34. The first-order valence-electron chi connectivity index (χ1n) is 9.17. The lowest BCUT2D eigenvalue weighted by molar-refractivity contribution is -0.138. The van der Waals surface area contributed by atoms with Crippen molar-refractivity contribution in [2.24, 2.45) is 7.05 Å². The Morgan fingerprint density at radius 1 is 1.26 bits per heavy atom. The van der Waals surface area contributed by atoms with Crippen molar-refractivity contribution in [3.8, 4) is 5.75 Å². The van der Waals surface area contributed by atoms with Gasteiger partial charge in [0.05, 0.1) is 11.3 Å². The molecule has 13 heteroatoms. The molecule has 0 saturated carbocycles. The maximum absolute atomic E-state index is 13.1. The van der Waals surface area contributed by atoms with Crippen molar-refractivity contribution >= 4 is 21.9 Å². The number of carbonyl (C=O) groups excluding carboxylic acids is 1. The average molecular weight is 460 g/mol. The molecule has 1 amide bonds. The molecule has 0 aliphatic carbocycles. The number of anilines is 1. The lowest BCUT2D eigenvalue weighted by Gasteiger charge is -2.28. The van der Waals surface area contributed by atoms with Gasteiger partial charge in [0.2, 0.25) is 21.7 Å². The maximum atomic E-state index is 13.1. The minimum Gasteiger partial charge on any atom is -0.501 e. The number of hydrogen-bond donors (Lipinski definition) is 2. The van der Waals surface area contributed by atoms with Crippen LogP contribution in [0.3, 0.4) is 0 Å². The number of sulfonamides is 1. The van der Waals surface area contributed by atoms with E-state index in [9.17, 15) is 36.3 Å². The summed E-state index contributed by atoms with van der Waals surface area (Å²) in [7, 11) is -2.59. The van der Waals surface area contributed by atoms with E-state index in [1.165, 1.54) is 25.2 Å². The minimum absolute atomic E-state index is 0.0351. The van der Waals surface area contributed by atoms with Crippen molar-refractivity contribution < 1.29 is 31.5 Å². The van der Waals surface area contributed by atoms with E-state index in [0.717, 1.165) is 14.9 Å². The second-order valence-electron chi connectivity index (χ2n) is 6.91. The highest BCUT2D eigenvalue weighted by atomic mass is 32.2. The van der Waals surface area contributed by atoms with Gasteiger partial charge in [0, 0.05) is 20.1 Å². The SMILES string of the molecule is Cn1c(N2CCCCS2(=O)=O)nc(C(=O)NCc2ccccc2C(F)(F)F)c(O)c1=O. The summed E-state index contributed by atoms with van der Waals surface area (Å²) in [5, 5.41) is 12.3. The van der Waals surface area contributed by atoms with Crippen LogP contribution in [0.5, 0.6) is 5.75 Å². The molecular weight excluding hydrogens is 441 g/mol. The summed E-state index contributed by atoms with van der Waals surface area (Å²) in [4.78, 5) is 28.7. The Kier molecular flexibility index (Phi) is 5.98. The van der Waals surface area contributed by atoms with Crippen molar-refractivity contribution in [2.75, 3.05) is 16.6 Å². The normalized spacial score (nSPS) is 16.2. The van der Waals surface area contributed by atoms with Crippen LogP contribution in [0.15, 0.2) is 29.1 Å². The van der Waals surface area contributed by atoms with Crippen LogP contribution in [0.4, 0.5) is 19.1 Å². The molecule has 0 atom stereocenters. The molecule has 1 aromatic heterocycles. The molecule has 9 nitrogen and oxygen atoms in total. The second kappa shape index (κ2) is 8.21. The first-order valence-corrected chi connectivity index (χ1v) is 10.8. The Labute approximate surface area is 175 Å². The number of carbonyl (C=O) groups is 1. The predicted molar refractivity (Wildman–Crippen MR) is 104 cm³/mol. The second-order valence-corrected chi connectivity index (χ2v) is 8.92. The molecule has 0 radical (unpaired) electrons. The molecule has 1 aromatic carbocycles. The molecule has 2 N–H and O–H groups in total. The lowest BCUT2D eigenvalue weighted by atomic mass is 10.1. The monoisotopic (exact) mass is 460 g/mol. The van der Waals surface area contributed by atoms with Gasteiger partial charge in [0.1, 0.15) is 0 Å². The molecule has 168 valence electrons. The predicted octanol–water partition coefficient (Wildman–Crippen LogP) is 1.36. The summed E-state index contributed by atoms with van der Waals surface area (Å²) in [5.74, 6) is -2.69. The number of aromatic nitrogens is 2. The molecule has 0 unspecified atom stereocenters. The fraction of sp³-hybridized carbons (Fsp3) is 0.389. The van der Waals surface area contributed by atoms with Crippen molar-refractivity contribution in [1.29, 1.82) is 0 Å². The van der Waals surface area contributed by atoms with E-state index < -0.39 is 51.2 Å². The van der Waals surface area contributed by atoms with Gasteiger partial charge in [0.25, 0.3) is 11.5 Å². The quantitative estimate of drug-likeness (QED) is 0.711. The highest BCUT2D eigenvalue weighted by molar-refractivity contribution is 7.92. The number of nitrogens with one attached hydrogen (secondary N) is 1. The van der Waals surface area contributed by atoms with Crippen LogP contribution in [0, 0.1) is 0 Å². The minimum atomic E-state index is -4.64. The van der Waals surface area contributed by atoms with Crippen molar-refractivity contribution in [3.63, 3.8) is 0 Å². The summed E-state index contributed by atoms with van der Waals surface area (Å²) in [5.41, 5.74) is -3.02. The number of alkyl halides is 3. The Morgan fingerprint density at radius 3 is 2.58 bits per heavy atom. The largest absolute Gasteiger partial charge is 0.501 e. The van der Waals surface area contributed by atoms with Gasteiger partial charge in [-0.25, -0.2) is 17.7 Å². The maximum Gasteiger partial charge on any atom is 0.416 e. The molecule has 2 aromatic rings. The molecular formula is C18H19F3N4O5S. The Morgan fingerprint density at radius 2 is 1.94 bits per heavy atom. The number of benzene rings is 1. The summed E-state index contributed by atoms with van der Waals surface area (Å²) in [6.45, 7) is -0.518. The number of hydrogen-bond acceptors (Lipinski definition) is 6. The van der Waals surface area contributed by atoms with Gasteiger partial charge < -0.3 is 10.4 Å². The summed E-state index contributed by atoms with van der Waals surface area (Å²) in [6, 6.07) is 4.60. The zero-order valence-corrected chi connectivity index (χ0v) is 17.1. The fourth-order valence-electron chi connectivity index (χ4n) is 3.18. The molecule has 3 rings (SSSR count). The number of amides is 1. The van der Waals surface area contributed by atoms with E-state index in [1.54, 1.807) is 0 Å². The fourth-order valence-corrected chi connectivity index (χ4v) is 4.79.